The Morgan fingerprint density at radius 2 is 1.61 bits per heavy atom. The van der Waals surface area contributed by atoms with Gasteiger partial charge in [0.15, 0.2) is 11.5 Å². The molecule has 0 atom stereocenters. The minimum atomic E-state index is 0.136. The molecule has 0 saturated heterocycles. The molecule has 0 unspecified atom stereocenters. The first-order valence-corrected chi connectivity index (χ1v) is 6.97. The lowest BCUT2D eigenvalue weighted by Gasteiger charge is -2.10. The summed E-state index contributed by atoms with van der Waals surface area (Å²) < 4.78 is 26.8. The zero-order valence-electron chi connectivity index (χ0n) is 13.1. The molecule has 0 spiro atoms. The first-order chi connectivity index (χ1) is 11.3. The van der Waals surface area contributed by atoms with Gasteiger partial charge in [0.25, 0.3) is 0 Å². The lowest BCUT2D eigenvalue weighted by atomic mass is 10.1. The van der Waals surface area contributed by atoms with Crippen molar-refractivity contribution in [3.63, 3.8) is 0 Å². The highest BCUT2D eigenvalue weighted by molar-refractivity contribution is 5.68. The molecule has 1 aliphatic rings. The number of hydrogen-bond acceptors (Lipinski definition) is 5. The van der Waals surface area contributed by atoms with Crippen LogP contribution in [0.2, 0.25) is 0 Å². The summed E-state index contributed by atoms with van der Waals surface area (Å²) in [5.74, 6) is 9.14. The molecule has 5 heteroatoms. The van der Waals surface area contributed by atoms with Crippen molar-refractivity contribution in [2.75, 3.05) is 28.1 Å². The molecule has 0 aliphatic carbocycles. The standard InChI is InChI=1S/C18H16O5/c1-19-14-8-5-12(6-9-14)4-7-13-10-15(20-2)17-18(16(13)21-3)23-11-22-17/h5-6,8-10H,11H2,1-3H3. The van der Waals surface area contributed by atoms with E-state index in [1.807, 2.05) is 24.3 Å². The van der Waals surface area contributed by atoms with Gasteiger partial charge in [-0.05, 0) is 24.3 Å². The minimum absolute atomic E-state index is 0.136. The van der Waals surface area contributed by atoms with Crippen molar-refractivity contribution in [2.24, 2.45) is 0 Å². The summed E-state index contributed by atoms with van der Waals surface area (Å²) in [7, 11) is 4.78. The van der Waals surface area contributed by atoms with Gasteiger partial charge >= 0.3 is 0 Å². The van der Waals surface area contributed by atoms with E-state index in [2.05, 4.69) is 11.8 Å². The summed E-state index contributed by atoms with van der Waals surface area (Å²) in [6.07, 6.45) is 0. The van der Waals surface area contributed by atoms with Crippen molar-refractivity contribution in [3.05, 3.63) is 41.5 Å². The van der Waals surface area contributed by atoms with Gasteiger partial charge in [0.1, 0.15) is 5.75 Å². The summed E-state index contributed by atoms with van der Waals surface area (Å²) in [5.41, 5.74) is 1.54. The molecule has 1 heterocycles. The summed E-state index contributed by atoms with van der Waals surface area (Å²) >= 11 is 0. The molecule has 0 N–H and O–H groups in total. The number of ether oxygens (including phenoxy) is 5. The van der Waals surface area contributed by atoms with Gasteiger partial charge in [-0.1, -0.05) is 11.8 Å². The molecule has 0 saturated carbocycles. The van der Waals surface area contributed by atoms with E-state index in [0.29, 0.717) is 28.6 Å². The Balaban J connectivity index is 2.01. The second-order valence-corrected chi connectivity index (χ2v) is 4.70. The lowest BCUT2D eigenvalue weighted by molar-refractivity contribution is 0.168. The molecule has 2 aromatic rings. The topological polar surface area (TPSA) is 46.2 Å². The van der Waals surface area contributed by atoms with E-state index in [1.165, 1.54) is 0 Å². The molecule has 23 heavy (non-hydrogen) atoms. The number of rotatable bonds is 3. The maximum Gasteiger partial charge on any atom is 0.231 e. The van der Waals surface area contributed by atoms with E-state index < -0.39 is 0 Å². The van der Waals surface area contributed by atoms with Gasteiger partial charge in [0.2, 0.25) is 18.3 Å². The van der Waals surface area contributed by atoms with Crippen molar-refractivity contribution in [3.8, 4) is 40.6 Å². The first kappa shape index (κ1) is 14.9. The van der Waals surface area contributed by atoms with E-state index in [1.54, 1.807) is 27.4 Å². The monoisotopic (exact) mass is 312 g/mol. The number of hydrogen-bond donors (Lipinski definition) is 0. The third kappa shape index (κ3) is 2.84. The van der Waals surface area contributed by atoms with Crippen LogP contribution in [-0.4, -0.2) is 28.1 Å². The van der Waals surface area contributed by atoms with Crippen LogP contribution < -0.4 is 23.7 Å². The van der Waals surface area contributed by atoms with Crippen LogP contribution in [0.3, 0.4) is 0 Å². The third-order valence-electron chi connectivity index (χ3n) is 3.42. The van der Waals surface area contributed by atoms with E-state index in [0.717, 1.165) is 11.3 Å². The maximum atomic E-state index is 5.47. The number of methoxy groups -OCH3 is 3. The fourth-order valence-corrected chi connectivity index (χ4v) is 2.28. The molecule has 3 rings (SSSR count). The van der Waals surface area contributed by atoms with Crippen molar-refractivity contribution < 1.29 is 23.7 Å². The average molecular weight is 312 g/mol. The van der Waals surface area contributed by atoms with Gasteiger partial charge in [-0.15, -0.1) is 0 Å². The van der Waals surface area contributed by atoms with Crippen molar-refractivity contribution in [1.82, 2.24) is 0 Å². The average Bonchev–Trinajstić information content (AvgIpc) is 3.08. The highest BCUT2D eigenvalue weighted by Gasteiger charge is 2.26. The molecule has 0 aromatic heterocycles. The SMILES string of the molecule is COc1ccc(C#Cc2cc(OC)c3c(c2OC)OCO3)cc1. The van der Waals surface area contributed by atoms with Gasteiger partial charge in [-0.2, -0.15) is 0 Å². The third-order valence-corrected chi connectivity index (χ3v) is 3.42. The largest absolute Gasteiger partial charge is 0.497 e. The van der Waals surface area contributed by atoms with Gasteiger partial charge in [-0.3, -0.25) is 0 Å². The molecule has 0 bridgehead atoms. The first-order valence-electron chi connectivity index (χ1n) is 6.97. The molecular weight excluding hydrogens is 296 g/mol. The summed E-state index contributed by atoms with van der Waals surface area (Å²) in [4.78, 5) is 0. The normalized spacial score (nSPS) is 11.4. The van der Waals surface area contributed by atoms with E-state index >= 15 is 0 Å². The Bertz CT molecular complexity index is 769. The smallest absolute Gasteiger partial charge is 0.231 e. The number of fused-ring (bicyclic) bond motifs is 1. The molecule has 0 fully saturated rings. The van der Waals surface area contributed by atoms with Gasteiger partial charge in [0.05, 0.1) is 26.9 Å². The fourth-order valence-electron chi connectivity index (χ4n) is 2.28. The number of benzene rings is 2. The van der Waals surface area contributed by atoms with Crippen LogP contribution >= 0.6 is 0 Å². The molecule has 2 aromatic carbocycles. The Labute approximate surface area is 134 Å². The van der Waals surface area contributed by atoms with Crippen LogP contribution in [0, 0.1) is 11.8 Å². The molecular formula is C18H16O5. The Hall–Kier alpha value is -3.00. The van der Waals surface area contributed by atoms with Crippen LogP contribution in [0.15, 0.2) is 30.3 Å². The Morgan fingerprint density at radius 3 is 2.26 bits per heavy atom. The zero-order chi connectivity index (χ0) is 16.2. The molecule has 5 nitrogen and oxygen atoms in total. The zero-order valence-corrected chi connectivity index (χ0v) is 13.1. The predicted octanol–water partition coefficient (Wildman–Crippen LogP) is 2.84. The van der Waals surface area contributed by atoms with E-state index in [9.17, 15) is 0 Å². The van der Waals surface area contributed by atoms with Crippen LogP contribution in [0.1, 0.15) is 11.1 Å². The molecule has 118 valence electrons. The molecule has 0 radical (unpaired) electrons. The summed E-state index contributed by atoms with van der Waals surface area (Å²) in [5, 5.41) is 0. The van der Waals surface area contributed by atoms with Crippen LogP contribution in [-0.2, 0) is 0 Å². The highest BCUT2D eigenvalue weighted by atomic mass is 16.7. The Kier molecular flexibility index (Phi) is 4.15. The van der Waals surface area contributed by atoms with Crippen LogP contribution in [0.25, 0.3) is 0 Å². The second kappa shape index (κ2) is 6.41. The van der Waals surface area contributed by atoms with Gasteiger partial charge < -0.3 is 23.7 Å². The predicted molar refractivity (Wildman–Crippen MR) is 84.6 cm³/mol. The summed E-state index contributed by atoms with van der Waals surface area (Å²) in [6, 6.07) is 9.29. The lowest BCUT2D eigenvalue weighted by Crippen LogP contribution is -1.94. The highest BCUT2D eigenvalue weighted by Crippen LogP contribution is 2.49. The quantitative estimate of drug-likeness (QED) is 0.816. The van der Waals surface area contributed by atoms with Gasteiger partial charge in [-0.25, -0.2) is 0 Å². The van der Waals surface area contributed by atoms with E-state index in [4.69, 9.17) is 23.7 Å². The molecule has 0 amide bonds. The Morgan fingerprint density at radius 1 is 0.870 bits per heavy atom. The molecule has 1 aliphatic heterocycles. The van der Waals surface area contributed by atoms with Gasteiger partial charge in [0, 0.05) is 11.6 Å². The van der Waals surface area contributed by atoms with E-state index in [-0.39, 0.29) is 6.79 Å². The maximum absolute atomic E-state index is 5.47. The van der Waals surface area contributed by atoms with Crippen LogP contribution in [0.4, 0.5) is 0 Å². The van der Waals surface area contributed by atoms with Crippen molar-refractivity contribution in [1.29, 1.82) is 0 Å². The summed E-state index contributed by atoms with van der Waals surface area (Å²) in [6.45, 7) is 0.136. The second-order valence-electron chi connectivity index (χ2n) is 4.70. The fraction of sp³-hybridized carbons (Fsp3) is 0.222. The minimum Gasteiger partial charge on any atom is -0.497 e. The van der Waals surface area contributed by atoms with Crippen molar-refractivity contribution in [2.45, 2.75) is 0 Å². The van der Waals surface area contributed by atoms with Crippen molar-refractivity contribution >= 4 is 0 Å². The van der Waals surface area contributed by atoms with Crippen LogP contribution in [0.5, 0.6) is 28.7 Å².